The quantitative estimate of drug-likeness (QED) is 0.626. The van der Waals surface area contributed by atoms with Crippen molar-refractivity contribution < 1.29 is 14.8 Å². The maximum absolute atomic E-state index is 12.6. The summed E-state index contributed by atoms with van der Waals surface area (Å²) in [5.74, 6) is -0.708. The molecule has 0 heterocycles. The Morgan fingerprint density at radius 1 is 1.27 bits per heavy atom. The Morgan fingerprint density at radius 3 is 2.32 bits per heavy atom. The Morgan fingerprint density at radius 2 is 1.82 bits per heavy atom. The van der Waals surface area contributed by atoms with E-state index in [1.807, 2.05) is 20.8 Å². The van der Waals surface area contributed by atoms with Gasteiger partial charge in [0, 0.05) is 12.5 Å². The SMILES string of the molecule is Cc1ccc(CCC(C)(C)C(=O)N(C)[C@H](C)C(=O)NO)cc1. The maximum atomic E-state index is 12.6. The minimum Gasteiger partial charge on any atom is -0.333 e. The molecule has 0 spiro atoms. The van der Waals surface area contributed by atoms with Gasteiger partial charge >= 0.3 is 0 Å². The van der Waals surface area contributed by atoms with Crippen molar-refractivity contribution in [3.05, 3.63) is 35.4 Å². The molecule has 2 N–H and O–H groups in total. The van der Waals surface area contributed by atoms with Crippen LogP contribution >= 0.6 is 0 Å². The summed E-state index contributed by atoms with van der Waals surface area (Å²) in [5.41, 5.74) is 3.40. The first-order valence-corrected chi connectivity index (χ1v) is 7.46. The molecule has 0 saturated heterocycles. The molecule has 0 fully saturated rings. The Labute approximate surface area is 132 Å². The van der Waals surface area contributed by atoms with E-state index in [0.717, 1.165) is 6.42 Å². The molecule has 5 heteroatoms. The summed E-state index contributed by atoms with van der Waals surface area (Å²) in [6.45, 7) is 7.38. The smallest absolute Gasteiger partial charge is 0.265 e. The molecule has 1 aromatic carbocycles. The summed E-state index contributed by atoms with van der Waals surface area (Å²) >= 11 is 0. The average molecular weight is 306 g/mol. The van der Waals surface area contributed by atoms with Gasteiger partial charge < -0.3 is 4.90 Å². The zero-order valence-electron chi connectivity index (χ0n) is 14.0. The fourth-order valence-electron chi connectivity index (χ4n) is 2.24. The van der Waals surface area contributed by atoms with Crippen LogP contribution in [-0.2, 0) is 16.0 Å². The van der Waals surface area contributed by atoms with E-state index in [1.165, 1.54) is 16.0 Å². The molecule has 0 aliphatic carbocycles. The number of hydroxylamine groups is 1. The van der Waals surface area contributed by atoms with E-state index in [-0.39, 0.29) is 5.91 Å². The number of amides is 2. The lowest BCUT2D eigenvalue weighted by Gasteiger charge is -2.32. The number of rotatable bonds is 6. The third kappa shape index (κ3) is 4.56. The van der Waals surface area contributed by atoms with Crippen LogP contribution in [0.25, 0.3) is 0 Å². The number of nitrogens with one attached hydrogen (secondary N) is 1. The van der Waals surface area contributed by atoms with Gasteiger partial charge in [0.1, 0.15) is 6.04 Å². The molecule has 1 atom stereocenters. The number of nitrogens with zero attached hydrogens (tertiary/aromatic N) is 1. The van der Waals surface area contributed by atoms with Gasteiger partial charge in [-0.25, -0.2) is 5.48 Å². The highest BCUT2D eigenvalue weighted by Gasteiger charge is 2.33. The third-order valence-electron chi connectivity index (χ3n) is 4.13. The first-order valence-electron chi connectivity index (χ1n) is 7.46. The molecule has 0 saturated carbocycles. The summed E-state index contributed by atoms with van der Waals surface area (Å²) in [6.07, 6.45) is 1.49. The predicted octanol–water partition coefficient (Wildman–Crippen LogP) is 2.31. The van der Waals surface area contributed by atoms with Crippen LogP contribution in [0, 0.1) is 12.3 Å². The van der Waals surface area contributed by atoms with Crippen molar-refractivity contribution in [1.82, 2.24) is 10.4 Å². The zero-order chi connectivity index (χ0) is 16.9. The molecule has 0 aliphatic rings. The van der Waals surface area contributed by atoms with Crippen molar-refractivity contribution in [3.63, 3.8) is 0 Å². The normalized spacial score (nSPS) is 12.6. The third-order valence-corrected chi connectivity index (χ3v) is 4.13. The van der Waals surface area contributed by atoms with Crippen LogP contribution in [0.4, 0.5) is 0 Å². The van der Waals surface area contributed by atoms with Gasteiger partial charge in [0.25, 0.3) is 5.91 Å². The Balaban J connectivity index is 2.69. The second-order valence-corrected chi connectivity index (χ2v) is 6.44. The van der Waals surface area contributed by atoms with E-state index in [4.69, 9.17) is 5.21 Å². The molecule has 0 radical (unpaired) electrons. The van der Waals surface area contributed by atoms with E-state index in [0.29, 0.717) is 6.42 Å². The molecule has 122 valence electrons. The fourth-order valence-corrected chi connectivity index (χ4v) is 2.24. The molecule has 5 nitrogen and oxygen atoms in total. The van der Waals surface area contributed by atoms with E-state index >= 15 is 0 Å². The number of likely N-dealkylation sites (N-methyl/N-ethyl adjacent to an activating group) is 1. The van der Waals surface area contributed by atoms with Crippen molar-refractivity contribution in [1.29, 1.82) is 0 Å². The monoisotopic (exact) mass is 306 g/mol. The second kappa shape index (κ2) is 7.40. The summed E-state index contributed by atoms with van der Waals surface area (Å²) in [4.78, 5) is 25.4. The highest BCUT2D eigenvalue weighted by molar-refractivity contribution is 5.88. The summed E-state index contributed by atoms with van der Waals surface area (Å²) in [7, 11) is 1.58. The number of benzene rings is 1. The summed E-state index contributed by atoms with van der Waals surface area (Å²) < 4.78 is 0. The highest BCUT2D eigenvalue weighted by atomic mass is 16.5. The van der Waals surface area contributed by atoms with Gasteiger partial charge in [0.15, 0.2) is 0 Å². The Hall–Kier alpha value is -1.88. The lowest BCUT2D eigenvalue weighted by molar-refractivity contribution is -0.148. The highest BCUT2D eigenvalue weighted by Crippen LogP contribution is 2.26. The average Bonchev–Trinajstić information content (AvgIpc) is 2.51. The van der Waals surface area contributed by atoms with Crippen LogP contribution in [-0.4, -0.2) is 35.0 Å². The molecule has 0 aliphatic heterocycles. The molecule has 0 unspecified atom stereocenters. The Kier molecular flexibility index (Phi) is 6.11. The molecule has 1 aromatic rings. The molecule has 0 bridgehead atoms. The summed E-state index contributed by atoms with van der Waals surface area (Å²) in [6, 6.07) is 7.55. The number of hydrogen-bond donors (Lipinski definition) is 2. The topological polar surface area (TPSA) is 69.6 Å². The van der Waals surface area contributed by atoms with Gasteiger partial charge in [-0.3, -0.25) is 14.8 Å². The molecular weight excluding hydrogens is 280 g/mol. The van der Waals surface area contributed by atoms with Crippen molar-refractivity contribution in [2.75, 3.05) is 7.05 Å². The van der Waals surface area contributed by atoms with Gasteiger partial charge in [-0.1, -0.05) is 43.7 Å². The number of carbonyl (C=O) groups is 2. The van der Waals surface area contributed by atoms with Crippen molar-refractivity contribution in [3.8, 4) is 0 Å². The maximum Gasteiger partial charge on any atom is 0.265 e. The first-order chi connectivity index (χ1) is 10.2. The first kappa shape index (κ1) is 18.2. The molecule has 22 heavy (non-hydrogen) atoms. The molecule has 1 rings (SSSR count). The van der Waals surface area contributed by atoms with Crippen LogP contribution in [0.5, 0.6) is 0 Å². The van der Waals surface area contributed by atoms with Crippen LogP contribution in [0.1, 0.15) is 38.3 Å². The standard InChI is InChI=1S/C17H26N2O3/c1-12-6-8-14(9-7-12)10-11-17(3,4)16(21)19(5)13(2)15(20)18-22/h6-9,13,22H,10-11H2,1-5H3,(H,18,20)/t13-/m1/s1. The van der Waals surface area contributed by atoms with Gasteiger partial charge in [0.2, 0.25) is 5.91 Å². The van der Waals surface area contributed by atoms with Crippen LogP contribution < -0.4 is 5.48 Å². The molecular formula is C17H26N2O3. The zero-order valence-corrected chi connectivity index (χ0v) is 14.0. The lowest BCUT2D eigenvalue weighted by Crippen LogP contribution is -2.49. The molecule has 2 amide bonds. The van der Waals surface area contributed by atoms with Crippen molar-refractivity contribution in [2.24, 2.45) is 5.41 Å². The van der Waals surface area contributed by atoms with Crippen molar-refractivity contribution in [2.45, 2.75) is 46.6 Å². The summed E-state index contributed by atoms with van der Waals surface area (Å²) in [5, 5.41) is 8.68. The Bertz CT molecular complexity index is 523. The number of carbonyl (C=O) groups excluding carboxylic acids is 2. The van der Waals surface area contributed by atoms with Gasteiger partial charge in [-0.05, 0) is 32.3 Å². The van der Waals surface area contributed by atoms with Gasteiger partial charge in [0.05, 0.1) is 0 Å². The fraction of sp³-hybridized carbons (Fsp3) is 0.529. The van der Waals surface area contributed by atoms with Gasteiger partial charge in [-0.15, -0.1) is 0 Å². The van der Waals surface area contributed by atoms with Crippen LogP contribution in [0.3, 0.4) is 0 Å². The van der Waals surface area contributed by atoms with Gasteiger partial charge in [-0.2, -0.15) is 0 Å². The lowest BCUT2D eigenvalue weighted by atomic mass is 9.84. The number of aryl methyl sites for hydroxylation is 2. The minimum absolute atomic E-state index is 0.115. The van der Waals surface area contributed by atoms with Crippen LogP contribution in [0.2, 0.25) is 0 Å². The minimum atomic E-state index is -0.712. The molecule has 0 aromatic heterocycles. The van der Waals surface area contributed by atoms with E-state index in [9.17, 15) is 9.59 Å². The predicted molar refractivity (Wildman–Crippen MR) is 85.4 cm³/mol. The largest absolute Gasteiger partial charge is 0.333 e. The van der Waals surface area contributed by atoms with Crippen LogP contribution in [0.15, 0.2) is 24.3 Å². The van der Waals surface area contributed by atoms with E-state index < -0.39 is 17.4 Å². The second-order valence-electron chi connectivity index (χ2n) is 6.44. The van der Waals surface area contributed by atoms with Crippen molar-refractivity contribution >= 4 is 11.8 Å². The number of hydrogen-bond acceptors (Lipinski definition) is 3. The van der Waals surface area contributed by atoms with E-state index in [1.54, 1.807) is 19.5 Å². The van der Waals surface area contributed by atoms with E-state index in [2.05, 4.69) is 24.3 Å².